The van der Waals surface area contributed by atoms with Crippen LogP contribution in [0.3, 0.4) is 0 Å². The van der Waals surface area contributed by atoms with Crippen LogP contribution >= 0.6 is 0 Å². The Morgan fingerprint density at radius 2 is 1.90 bits per heavy atom. The summed E-state index contributed by atoms with van der Waals surface area (Å²) in [5.41, 5.74) is 2.84. The maximum atomic E-state index is 12.3. The van der Waals surface area contributed by atoms with Gasteiger partial charge in [0, 0.05) is 25.1 Å². The number of hydrogen-bond acceptors (Lipinski definition) is 6. The Morgan fingerprint density at radius 3 is 2.67 bits per heavy atom. The van der Waals surface area contributed by atoms with Gasteiger partial charge >= 0.3 is 0 Å². The minimum absolute atomic E-state index is 0.0444. The standard InChI is InChI=1S/C23H24N2O5/c1-27-21-14-18(23-19(24-16-30-23)13-17-5-3-2-4-6-17)7-8-20(21)29-15-22(26)25-9-11-28-12-10-25/h2-8,14,16H,9-13,15H2,1H3. The van der Waals surface area contributed by atoms with Gasteiger partial charge in [-0.15, -0.1) is 0 Å². The molecule has 156 valence electrons. The van der Waals surface area contributed by atoms with Gasteiger partial charge in [0.1, 0.15) is 0 Å². The van der Waals surface area contributed by atoms with Crippen LogP contribution in [0.2, 0.25) is 0 Å². The molecule has 7 heteroatoms. The van der Waals surface area contributed by atoms with Crippen LogP contribution in [-0.2, 0) is 16.0 Å². The second-order valence-corrected chi connectivity index (χ2v) is 6.94. The van der Waals surface area contributed by atoms with E-state index in [9.17, 15) is 4.79 Å². The number of methoxy groups -OCH3 is 1. The number of ether oxygens (including phenoxy) is 3. The molecule has 0 atom stereocenters. The molecule has 4 rings (SSSR count). The van der Waals surface area contributed by atoms with E-state index in [0.717, 1.165) is 16.8 Å². The molecule has 7 nitrogen and oxygen atoms in total. The summed E-state index contributed by atoms with van der Waals surface area (Å²) in [6.45, 7) is 2.26. The van der Waals surface area contributed by atoms with Crippen molar-refractivity contribution in [2.45, 2.75) is 6.42 Å². The van der Waals surface area contributed by atoms with E-state index in [2.05, 4.69) is 17.1 Å². The van der Waals surface area contributed by atoms with Crippen LogP contribution in [0, 0.1) is 0 Å². The first-order valence-electron chi connectivity index (χ1n) is 9.87. The number of morpholine rings is 1. The maximum absolute atomic E-state index is 12.3. The van der Waals surface area contributed by atoms with Gasteiger partial charge in [0.2, 0.25) is 0 Å². The lowest BCUT2D eigenvalue weighted by atomic mass is 10.0. The average Bonchev–Trinajstić information content (AvgIpc) is 3.26. The molecule has 0 aliphatic carbocycles. The zero-order valence-electron chi connectivity index (χ0n) is 16.9. The Labute approximate surface area is 175 Å². The average molecular weight is 408 g/mol. The number of rotatable bonds is 7. The quantitative estimate of drug-likeness (QED) is 0.598. The van der Waals surface area contributed by atoms with Crippen molar-refractivity contribution in [3.63, 3.8) is 0 Å². The van der Waals surface area contributed by atoms with E-state index in [1.54, 1.807) is 18.1 Å². The summed E-state index contributed by atoms with van der Waals surface area (Å²) in [6.07, 6.45) is 2.12. The van der Waals surface area contributed by atoms with Crippen molar-refractivity contribution in [3.05, 3.63) is 66.2 Å². The molecule has 0 saturated carbocycles. The highest BCUT2D eigenvalue weighted by Gasteiger charge is 2.19. The summed E-state index contributed by atoms with van der Waals surface area (Å²) >= 11 is 0. The SMILES string of the molecule is COc1cc(-c2ocnc2Cc2ccccc2)ccc1OCC(=O)N1CCOCC1. The minimum Gasteiger partial charge on any atom is -0.493 e. The fraction of sp³-hybridized carbons (Fsp3) is 0.304. The molecule has 2 heterocycles. The van der Waals surface area contributed by atoms with Gasteiger partial charge in [0.05, 0.1) is 26.0 Å². The second kappa shape index (κ2) is 9.45. The van der Waals surface area contributed by atoms with Crippen LogP contribution in [-0.4, -0.2) is 55.8 Å². The number of benzene rings is 2. The van der Waals surface area contributed by atoms with Crippen molar-refractivity contribution in [3.8, 4) is 22.8 Å². The normalized spacial score (nSPS) is 13.8. The van der Waals surface area contributed by atoms with Crippen molar-refractivity contribution in [2.24, 2.45) is 0 Å². The summed E-state index contributed by atoms with van der Waals surface area (Å²) in [7, 11) is 1.57. The molecule has 1 aliphatic heterocycles. The molecular weight excluding hydrogens is 384 g/mol. The molecule has 1 fully saturated rings. The smallest absolute Gasteiger partial charge is 0.260 e. The van der Waals surface area contributed by atoms with Gasteiger partial charge in [-0.05, 0) is 23.8 Å². The van der Waals surface area contributed by atoms with Gasteiger partial charge < -0.3 is 23.5 Å². The first kappa shape index (κ1) is 20.0. The third kappa shape index (κ3) is 4.63. The second-order valence-electron chi connectivity index (χ2n) is 6.94. The number of oxazole rings is 1. The molecule has 30 heavy (non-hydrogen) atoms. The van der Waals surface area contributed by atoms with Crippen LogP contribution < -0.4 is 9.47 Å². The zero-order valence-corrected chi connectivity index (χ0v) is 16.9. The van der Waals surface area contributed by atoms with Crippen molar-refractivity contribution in [2.75, 3.05) is 40.0 Å². The minimum atomic E-state index is -0.0650. The molecule has 1 aromatic heterocycles. The lowest BCUT2D eigenvalue weighted by Gasteiger charge is -2.26. The molecule has 0 bridgehead atoms. The van der Waals surface area contributed by atoms with Gasteiger partial charge in [-0.25, -0.2) is 4.98 Å². The third-order valence-electron chi connectivity index (χ3n) is 5.00. The molecule has 3 aromatic rings. The Balaban J connectivity index is 1.47. The lowest BCUT2D eigenvalue weighted by Crippen LogP contribution is -2.43. The summed E-state index contributed by atoms with van der Waals surface area (Å²) < 4.78 is 22.2. The van der Waals surface area contributed by atoms with Crippen LogP contribution in [0.1, 0.15) is 11.3 Å². The van der Waals surface area contributed by atoms with E-state index in [0.29, 0.717) is 50.0 Å². The van der Waals surface area contributed by atoms with Crippen LogP contribution in [0.5, 0.6) is 11.5 Å². The van der Waals surface area contributed by atoms with Gasteiger partial charge in [-0.1, -0.05) is 30.3 Å². The molecule has 1 aliphatic rings. The van der Waals surface area contributed by atoms with Gasteiger partial charge in [-0.2, -0.15) is 0 Å². The van der Waals surface area contributed by atoms with Crippen molar-refractivity contribution in [1.29, 1.82) is 0 Å². The predicted molar refractivity (Wildman–Crippen MR) is 111 cm³/mol. The number of aromatic nitrogens is 1. The first-order chi connectivity index (χ1) is 14.7. The number of carbonyl (C=O) groups excluding carboxylic acids is 1. The Kier molecular flexibility index (Phi) is 6.29. The Hall–Kier alpha value is -3.32. The van der Waals surface area contributed by atoms with E-state index < -0.39 is 0 Å². The first-order valence-corrected chi connectivity index (χ1v) is 9.87. The monoisotopic (exact) mass is 408 g/mol. The predicted octanol–water partition coefficient (Wildman–Crippen LogP) is 3.18. The molecule has 1 amide bonds. The van der Waals surface area contributed by atoms with Crippen LogP contribution in [0.4, 0.5) is 0 Å². The molecule has 1 saturated heterocycles. The number of carbonyl (C=O) groups is 1. The summed E-state index contributed by atoms with van der Waals surface area (Å²) in [5.74, 6) is 1.66. The fourth-order valence-corrected chi connectivity index (χ4v) is 3.39. The van der Waals surface area contributed by atoms with E-state index in [1.165, 1.54) is 6.39 Å². The van der Waals surface area contributed by atoms with E-state index in [-0.39, 0.29) is 12.5 Å². The molecule has 0 spiro atoms. The van der Waals surface area contributed by atoms with Gasteiger partial charge in [-0.3, -0.25) is 4.79 Å². The fourth-order valence-electron chi connectivity index (χ4n) is 3.39. The number of amides is 1. The molecule has 2 aromatic carbocycles. The molecular formula is C23H24N2O5. The summed E-state index contributed by atoms with van der Waals surface area (Å²) in [5, 5.41) is 0. The molecule has 0 N–H and O–H groups in total. The number of hydrogen-bond donors (Lipinski definition) is 0. The van der Waals surface area contributed by atoms with Crippen molar-refractivity contribution in [1.82, 2.24) is 9.88 Å². The van der Waals surface area contributed by atoms with Crippen LogP contribution in [0.25, 0.3) is 11.3 Å². The van der Waals surface area contributed by atoms with E-state index in [1.807, 2.05) is 30.3 Å². The summed E-state index contributed by atoms with van der Waals surface area (Å²) in [6, 6.07) is 15.6. The highest BCUT2D eigenvalue weighted by molar-refractivity contribution is 5.78. The Morgan fingerprint density at radius 1 is 1.10 bits per heavy atom. The van der Waals surface area contributed by atoms with Gasteiger partial charge in [0.25, 0.3) is 5.91 Å². The van der Waals surface area contributed by atoms with Gasteiger partial charge in [0.15, 0.2) is 30.3 Å². The zero-order chi connectivity index (χ0) is 20.8. The topological polar surface area (TPSA) is 74.0 Å². The van der Waals surface area contributed by atoms with E-state index in [4.69, 9.17) is 18.6 Å². The van der Waals surface area contributed by atoms with Crippen molar-refractivity contribution < 1.29 is 23.4 Å². The highest BCUT2D eigenvalue weighted by Crippen LogP contribution is 2.34. The maximum Gasteiger partial charge on any atom is 0.260 e. The number of nitrogens with zero attached hydrogens (tertiary/aromatic N) is 2. The summed E-state index contributed by atoms with van der Waals surface area (Å²) in [4.78, 5) is 18.4. The largest absolute Gasteiger partial charge is 0.493 e. The Bertz CT molecular complexity index is 980. The molecule has 0 unspecified atom stereocenters. The van der Waals surface area contributed by atoms with E-state index >= 15 is 0 Å². The lowest BCUT2D eigenvalue weighted by molar-refractivity contribution is -0.137. The van der Waals surface area contributed by atoms with Crippen molar-refractivity contribution >= 4 is 5.91 Å². The molecule has 0 radical (unpaired) electrons. The van der Waals surface area contributed by atoms with Crippen LogP contribution in [0.15, 0.2) is 59.3 Å². The highest BCUT2D eigenvalue weighted by atomic mass is 16.5. The third-order valence-corrected chi connectivity index (χ3v) is 5.00.